The Bertz CT molecular complexity index is 613. The zero-order chi connectivity index (χ0) is 14.7. The minimum atomic E-state index is -0.388. The van der Waals surface area contributed by atoms with E-state index in [1.807, 2.05) is 6.92 Å². The number of nitrogens with one attached hydrogen (secondary N) is 1. The first kappa shape index (κ1) is 14.3. The maximum atomic E-state index is 13.4. The van der Waals surface area contributed by atoms with E-state index in [1.165, 1.54) is 19.2 Å². The van der Waals surface area contributed by atoms with Gasteiger partial charge in [0.1, 0.15) is 5.82 Å². The van der Waals surface area contributed by atoms with E-state index < -0.39 is 0 Å². The van der Waals surface area contributed by atoms with Crippen molar-refractivity contribution in [3.63, 3.8) is 0 Å². The second-order valence-corrected chi connectivity index (χ2v) is 4.72. The summed E-state index contributed by atoms with van der Waals surface area (Å²) in [7, 11) is 1.43. The largest absolute Gasteiger partial charge is 0.494 e. The summed E-state index contributed by atoms with van der Waals surface area (Å²) < 4.78 is 31.6. The SMILES string of the molecule is COc1cc(C(C)Nc2ccc(F)c(C)c2)ccc1F. The normalized spacial score (nSPS) is 12.1. The third kappa shape index (κ3) is 3.07. The molecular weight excluding hydrogens is 260 g/mol. The third-order valence-electron chi connectivity index (χ3n) is 3.22. The molecule has 0 aliphatic rings. The van der Waals surface area contributed by atoms with Crippen molar-refractivity contribution < 1.29 is 13.5 Å². The molecule has 0 aromatic heterocycles. The molecule has 0 bridgehead atoms. The summed E-state index contributed by atoms with van der Waals surface area (Å²) in [6.07, 6.45) is 0. The Balaban J connectivity index is 2.19. The Labute approximate surface area is 117 Å². The molecule has 0 heterocycles. The zero-order valence-electron chi connectivity index (χ0n) is 11.7. The number of hydrogen-bond donors (Lipinski definition) is 1. The molecule has 2 aromatic carbocycles. The number of anilines is 1. The minimum Gasteiger partial charge on any atom is -0.494 e. The van der Waals surface area contributed by atoms with Crippen LogP contribution in [0.2, 0.25) is 0 Å². The fourth-order valence-corrected chi connectivity index (χ4v) is 2.01. The highest BCUT2D eigenvalue weighted by Gasteiger charge is 2.10. The highest BCUT2D eigenvalue weighted by molar-refractivity contribution is 5.48. The van der Waals surface area contributed by atoms with Crippen molar-refractivity contribution in [1.29, 1.82) is 0 Å². The first-order valence-electron chi connectivity index (χ1n) is 6.37. The Kier molecular flexibility index (Phi) is 4.23. The Hall–Kier alpha value is -2.10. The van der Waals surface area contributed by atoms with Crippen LogP contribution in [0.4, 0.5) is 14.5 Å². The highest BCUT2D eigenvalue weighted by atomic mass is 19.1. The molecule has 0 saturated heterocycles. The van der Waals surface area contributed by atoms with E-state index in [2.05, 4.69) is 5.32 Å². The van der Waals surface area contributed by atoms with Gasteiger partial charge in [-0.3, -0.25) is 0 Å². The van der Waals surface area contributed by atoms with E-state index in [4.69, 9.17) is 4.74 Å². The maximum absolute atomic E-state index is 13.4. The van der Waals surface area contributed by atoms with E-state index in [1.54, 1.807) is 31.2 Å². The van der Waals surface area contributed by atoms with Crippen LogP contribution in [0.15, 0.2) is 36.4 Å². The predicted octanol–water partition coefficient (Wildman–Crippen LogP) is 4.45. The van der Waals surface area contributed by atoms with Gasteiger partial charge in [0.15, 0.2) is 11.6 Å². The average Bonchev–Trinajstić information content (AvgIpc) is 2.43. The molecule has 0 spiro atoms. The lowest BCUT2D eigenvalue weighted by atomic mass is 10.1. The molecule has 1 unspecified atom stereocenters. The zero-order valence-corrected chi connectivity index (χ0v) is 11.7. The lowest BCUT2D eigenvalue weighted by Gasteiger charge is -2.17. The number of methoxy groups -OCH3 is 1. The molecule has 0 radical (unpaired) electrons. The van der Waals surface area contributed by atoms with Crippen LogP contribution < -0.4 is 10.1 Å². The minimum absolute atomic E-state index is 0.0469. The van der Waals surface area contributed by atoms with Crippen LogP contribution in [-0.4, -0.2) is 7.11 Å². The topological polar surface area (TPSA) is 21.3 Å². The van der Waals surface area contributed by atoms with Crippen LogP contribution in [0.5, 0.6) is 5.75 Å². The first-order valence-corrected chi connectivity index (χ1v) is 6.37. The smallest absolute Gasteiger partial charge is 0.165 e. The van der Waals surface area contributed by atoms with E-state index >= 15 is 0 Å². The molecule has 106 valence electrons. The number of rotatable bonds is 4. The summed E-state index contributed by atoms with van der Waals surface area (Å²) in [5.74, 6) is -0.404. The number of hydrogen-bond acceptors (Lipinski definition) is 2. The predicted molar refractivity (Wildman–Crippen MR) is 76.1 cm³/mol. The van der Waals surface area contributed by atoms with Gasteiger partial charge in [0.25, 0.3) is 0 Å². The summed E-state index contributed by atoms with van der Waals surface area (Å²) in [6, 6.07) is 9.54. The van der Waals surface area contributed by atoms with E-state index in [0.29, 0.717) is 5.56 Å². The van der Waals surface area contributed by atoms with Crippen molar-refractivity contribution in [3.05, 3.63) is 59.2 Å². The van der Waals surface area contributed by atoms with Crippen molar-refractivity contribution >= 4 is 5.69 Å². The molecule has 1 atom stereocenters. The number of benzene rings is 2. The van der Waals surface area contributed by atoms with E-state index in [-0.39, 0.29) is 23.4 Å². The monoisotopic (exact) mass is 277 g/mol. The Morgan fingerprint density at radius 2 is 1.75 bits per heavy atom. The fourth-order valence-electron chi connectivity index (χ4n) is 2.01. The quantitative estimate of drug-likeness (QED) is 0.891. The Morgan fingerprint density at radius 1 is 1.05 bits per heavy atom. The molecule has 0 amide bonds. The average molecular weight is 277 g/mol. The first-order chi connectivity index (χ1) is 9.51. The van der Waals surface area contributed by atoms with Gasteiger partial charge in [-0.2, -0.15) is 0 Å². The van der Waals surface area contributed by atoms with Gasteiger partial charge in [0.05, 0.1) is 7.11 Å². The molecular formula is C16H17F2NO. The third-order valence-corrected chi connectivity index (χ3v) is 3.22. The van der Waals surface area contributed by atoms with Crippen LogP contribution >= 0.6 is 0 Å². The number of ether oxygens (including phenoxy) is 1. The van der Waals surface area contributed by atoms with E-state index in [9.17, 15) is 8.78 Å². The van der Waals surface area contributed by atoms with Crippen LogP contribution in [-0.2, 0) is 0 Å². The van der Waals surface area contributed by atoms with Crippen molar-refractivity contribution in [2.24, 2.45) is 0 Å². The van der Waals surface area contributed by atoms with Crippen LogP contribution in [0, 0.1) is 18.6 Å². The maximum Gasteiger partial charge on any atom is 0.165 e. The van der Waals surface area contributed by atoms with Crippen LogP contribution in [0.3, 0.4) is 0 Å². The van der Waals surface area contributed by atoms with Crippen molar-refractivity contribution in [2.75, 3.05) is 12.4 Å². The molecule has 0 aliphatic carbocycles. The van der Waals surface area contributed by atoms with E-state index in [0.717, 1.165) is 11.3 Å². The molecule has 2 aromatic rings. The molecule has 0 fully saturated rings. The van der Waals surface area contributed by atoms with Gasteiger partial charge < -0.3 is 10.1 Å². The summed E-state index contributed by atoms with van der Waals surface area (Å²) in [5, 5.41) is 3.25. The molecule has 1 N–H and O–H groups in total. The molecule has 0 aliphatic heterocycles. The highest BCUT2D eigenvalue weighted by Crippen LogP contribution is 2.25. The molecule has 0 saturated carbocycles. The Morgan fingerprint density at radius 3 is 2.40 bits per heavy atom. The number of halogens is 2. The molecule has 2 rings (SSSR count). The van der Waals surface area contributed by atoms with Gasteiger partial charge in [-0.1, -0.05) is 6.07 Å². The summed E-state index contributed by atoms with van der Waals surface area (Å²) >= 11 is 0. The summed E-state index contributed by atoms with van der Waals surface area (Å²) in [4.78, 5) is 0. The van der Waals surface area contributed by atoms with Gasteiger partial charge >= 0.3 is 0 Å². The van der Waals surface area contributed by atoms with Gasteiger partial charge in [-0.15, -0.1) is 0 Å². The van der Waals surface area contributed by atoms with Gasteiger partial charge in [0, 0.05) is 11.7 Å². The second-order valence-electron chi connectivity index (χ2n) is 4.72. The van der Waals surface area contributed by atoms with Crippen LogP contribution in [0.1, 0.15) is 24.1 Å². The van der Waals surface area contributed by atoms with Gasteiger partial charge in [0.2, 0.25) is 0 Å². The summed E-state index contributed by atoms with van der Waals surface area (Å²) in [6.45, 7) is 3.66. The molecule has 2 nitrogen and oxygen atoms in total. The fraction of sp³-hybridized carbons (Fsp3) is 0.250. The van der Waals surface area contributed by atoms with Crippen molar-refractivity contribution in [3.8, 4) is 5.75 Å². The lowest BCUT2D eigenvalue weighted by Crippen LogP contribution is -2.07. The van der Waals surface area contributed by atoms with Gasteiger partial charge in [-0.25, -0.2) is 8.78 Å². The number of aryl methyl sites for hydroxylation is 1. The van der Waals surface area contributed by atoms with Crippen LogP contribution in [0.25, 0.3) is 0 Å². The lowest BCUT2D eigenvalue weighted by molar-refractivity contribution is 0.385. The van der Waals surface area contributed by atoms with Crippen molar-refractivity contribution in [2.45, 2.75) is 19.9 Å². The molecule has 20 heavy (non-hydrogen) atoms. The van der Waals surface area contributed by atoms with Gasteiger partial charge in [-0.05, 0) is 55.3 Å². The molecule has 4 heteroatoms. The van der Waals surface area contributed by atoms with Crippen molar-refractivity contribution in [1.82, 2.24) is 0 Å². The summed E-state index contributed by atoms with van der Waals surface area (Å²) in [5.41, 5.74) is 2.30. The second kappa shape index (κ2) is 5.90. The standard InChI is InChI=1S/C16H17F2NO/c1-10-8-13(5-7-14(10)17)19-11(2)12-4-6-15(18)16(9-12)20-3/h4-9,11,19H,1-3H3.